The fourth-order valence-electron chi connectivity index (χ4n) is 8.33. The summed E-state index contributed by atoms with van der Waals surface area (Å²) in [5.74, 6) is 1.99. The maximum Gasteiger partial charge on any atom is 0.303 e. The summed E-state index contributed by atoms with van der Waals surface area (Å²) in [6.45, 7) is 9.98. The van der Waals surface area contributed by atoms with Crippen LogP contribution in [-0.4, -0.2) is 31.3 Å². The van der Waals surface area contributed by atoms with Crippen LogP contribution >= 0.6 is 0 Å². The van der Waals surface area contributed by atoms with E-state index in [1.165, 1.54) is 38.7 Å². The van der Waals surface area contributed by atoms with Gasteiger partial charge in [0.05, 0.1) is 13.4 Å². The van der Waals surface area contributed by atoms with E-state index in [4.69, 9.17) is 14.2 Å². The van der Waals surface area contributed by atoms with E-state index in [-0.39, 0.29) is 35.0 Å². The molecule has 0 aromatic carbocycles. The molecule has 5 nitrogen and oxygen atoms in total. The first-order valence-electron chi connectivity index (χ1n) is 12.4. The highest BCUT2D eigenvalue weighted by Crippen LogP contribution is 2.67. The third kappa shape index (κ3) is 3.80. The summed E-state index contributed by atoms with van der Waals surface area (Å²) in [4.78, 5) is 23.3. The maximum atomic E-state index is 11.7. The molecule has 3 saturated carbocycles. The van der Waals surface area contributed by atoms with Gasteiger partial charge >= 0.3 is 11.9 Å². The highest BCUT2D eigenvalue weighted by atomic mass is 16.5. The Hall–Kier alpha value is -1.78. The predicted molar refractivity (Wildman–Crippen MR) is 122 cm³/mol. The lowest BCUT2D eigenvalue weighted by Gasteiger charge is -2.58. The Bertz CT molecular complexity index is 828. The molecule has 0 aliphatic heterocycles. The molecule has 8 atom stereocenters. The van der Waals surface area contributed by atoms with Crippen LogP contribution in [0.15, 0.2) is 23.5 Å². The first-order chi connectivity index (χ1) is 15.1. The molecule has 0 radical (unpaired) electrons. The number of hydrogen-bond donors (Lipinski definition) is 0. The lowest BCUT2D eigenvalue weighted by atomic mass is 9.47. The number of methoxy groups -OCH3 is 1. The number of esters is 2. The quantitative estimate of drug-likeness (QED) is 0.321. The zero-order valence-electron chi connectivity index (χ0n) is 20.6. The zero-order chi connectivity index (χ0) is 23.3. The Morgan fingerprint density at radius 1 is 1.12 bits per heavy atom. The lowest BCUT2D eigenvalue weighted by Crippen LogP contribution is -2.52. The van der Waals surface area contributed by atoms with Crippen molar-refractivity contribution in [3.63, 3.8) is 0 Å². The molecule has 32 heavy (non-hydrogen) atoms. The zero-order valence-corrected chi connectivity index (χ0v) is 20.6. The molecule has 0 aromatic rings. The average Bonchev–Trinajstić information content (AvgIpc) is 3.05. The van der Waals surface area contributed by atoms with E-state index in [1.54, 1.807) is 13.4 Å². The molecule has 4 rings (SSSR count). The second-order valence-electron chi connectivity index (χ2n) is 11.2. The van der Waals surface area contributed by atoms with E-state index in [1.807, 2.05) is 0 Å². The van der Waals surface area contributed by atoms with E-state index in [0.29, 0.717) is 23.7 Å². The van der Waals surface area contributed by atoms with Crippen molar-refractivity contribution in [3.05, 3.63) is 23.5 Å². The minimum Gasteiger partial charge on any atom is -0.504 e. The summed E-state index contributed by atoms with van der Waals surface area (Å²) < 4.78 is 16.7. The summed E-state index contributed by atoms with van der Waals surface area (Å²) in [6.07, 6.45) is 11.6. The number of ether oxygens (including phenoxy) is 3. The van der Waals surface area contributed by atoms with Gasteiger partial charge in [0.15, 0.2) is 0 Å². The van der Waals surface area contributed by atoms with Gasteiger partial charge in [-0.25, -0.2) is 0 Å². The van der Waals surface area contributed by atoms with Crippen molar-refractivity contribution in [1.82, 2.24) is 0 Å². The number of allylic oxidation sites excluding steroid dienone is 1. The molecule has 0 spiro atoms. The Balaban J connectivity index is 1.60. The van der Waals surface area contributed by atoms with Gasteiger partial charge in [0, 0.05) is 31.8 Å². The summed E-state index contributed by atoms with van der Waals surface area (Å²) in [6, 6.07) is 0. The van der Waals surface area contributed by atoms with Crippen molar-refractivity contribution in [2.75, 3.05) is 7.11 Å². The average molecular weight is 445 g/mol. The molecule has 3 fully saturated rings. The minimum absolute atomic E-state index is 0.0141. The van der Waals surface area contributed by atoms with Crippen LogP contribution in [0.2, 0.25) is 0 Å². The number of carbonyl (C=O) groups excluding carboxylic acids is 2. The smallest absolute Gasteiger partial charge is 0.303 e. The van der Waals surface area contributed by atoms with E-state index in [9.17, 15) is 9.59 Å². The maximum absolute atomic E-state index is 11.7. The number of carbonyl (C=O) groups is 2. The predicted octanol–water partition coefficient (Wildman–Crippen LogP) is 5.59. The van der Waals surface area contributed by atoms with Crippen LogP contribution in [0.4, 0.5) is 0 Å². The van der Waals surface area contributed by atoms with E-state index in [2.05, 4.69) is 26.8 Å². The van der Waals surface area contributed by atoms with Crippen LogP contribution in [0.25, 0.3) is 0 Å². The van der Waals surface area contributed by atoms with Crippen molar-refractivity contribution >= 4 is 11.9 Å². The van der Waals surface area contributed by atoms with Gasteiger partial charge in [-0.05, 0) is 74.0 Å². The Morgan fingerprint density at radius 3 is 2.53 bits per heavy atom. The van der Waals surface area contributed by atoms with Gasteiger partial charge in [-0.15, -0.1) is 0 Å². The van der Waals surface area contributed by atoms with Crippen LogP contribution in [0.3, 0.4) is 0 Å². The third-order valence-electron chi connectivity index (χ3n) is 9.58. The van der Waals surface area contributed by atoms with E-state index in [0.717, 1.165) is 31.3 Å². The summed E-state index contributed by atoms with van der Waals surface area (Å²) in [5.41, 5.74) is 2.89. The molecular formula is C27H40O5. The second kappa shape index (κ2) is 8.53. The molecule has 0 unspecified atom stereocenters. The highest BCUT2D eigenvalue weighted by molar-refractivity contribution is 5.66. The van der Waals surface area contributed by atoms with Gasteiger partial charge in [0.1, 0.15) is 12.2 Å². The van der Waals surface area contributed by atoms with Gasteiger partial charge in [-0.3, -0.25) is 9.59 Å². The fourth-order valence-corrected chi connectivity index (χ4v) is 8.33. The first kappa shape index (κ1) is 23.4. The van der Waals surface area contributed by atoms with Crippen LogP contribution < -0.4 is 0 Å². The van der Waals surface area contributed by atoms with Crippen molar-refractivity contribution in [3.8, 4) is 0 Å². The van der Waals surface area contributed by atoms with Crippen LogP contribution in [0.1, 0.15) is 79.6 Å². The fraction of sp³-hybridized carbons (Fsp3) is 0.778. The summed E-state index contributed by atoms with van der Waals surface area (Å²) >= 11 is 0. The number of fused-ring (bicyclic) bond motifs is 5. The molecule has 5 heteroatoms. The Labute approximate surface area is 192 Å². The molecule has 4 aliphatic carbocycles. The molecule has 0 amide bonds. The summed E-state index contributed by atoms with van der Waals surface area (Å²) in [5, 5.41) is 0. The lowest BCUT2D eigenvalue weighted by molar-refractivity contribution is -0.152. The second-order valence-corrected chi connectivity index (χ2v) is 11.2. The van der Waals surface area contributed by atoms with Gasteiger partial charge in [0.2, 0.25) is 0 Å². The Kier molecular flexibility index (Phi) is 6.23. The highest BCUT2D eigenvalue weighted by Gasteiger charge is 2.60. The number of hydrogen-bond acceptors (Lipinski definition) is 5. The third-order valence-corrected chi connectivity index (χ3v) is 9.58. The van der Waals surface area contributed by atoms with Gasteiger partial charge < -0.3 is 14.2 Å². The van der Waals surface area contributed by atoms with E-state index < -0.39 is 0 Å². The molecular weight excluding hydrogens is 404 g/mol. The Morgan fingerprint density at radius 2 is 1.88 bits per heavy atom. The SMILES string of the molecule is COC=C1C[C@@]2(C)C(=CC[C@H]3[C@@H]4CC[C@H]([C@H](C)OC(C)=O)[C@@]4(C)CC[C@@H]32)C[C@H]1OC(C)=O. The van der Waals surface area contributed by atoms with Crippen molar-refractivity contribution in [1.29, 1.82) is 0 Å². The number of rotatable bonds is 4. The molecule has 0 saturated heterocycles. The molecule has 0 N–H and O–H groups in total. The normalized spacial score (nSPS) is 42.8. The molecule has 4 aliphatic rings. The molecule has 178 valence electrons. The molecule has 0 heterocycles. The first-order valence-corrected chi connectivity index (χ1v) is 12.4. The van der Waals surface area contributed by atoms with E-state index >= 15 is 0 Å². The van der Waals surface area contributed by atoms with Gasteiger partial charge in [0.25, 0.3) is 0 Å². The van der Waals surface area contributed by atoms with Crippen LogP contribution in [-0.2, 0) is 23.8 Å². The monoisotopic (exact) mass is 444 g/mol. The van der Waals surface area contributed by atoms with Gasteiger partial charge in [-0.2, -0.15) is 0 Å². The van der Waals surface area contributed by atoms with Crippen molar-refractivity contribution in [2.24, 2.45) is 34.5 Å². The minimum atomic E-state index is -0.234. The van der Waals surface area contributed by atoms with Crippen LogP contribution in [0.5, 0.6) is 0 Å². The van der Waals surface area contributed by atoms with Crippen LogP contribution in [0, 0.1) is 34.5 Å². The standard InChI is InChI=1S/C27H40O5/c1-16(31-17(2)28)22-9-10-23-21-8-7-20-13-25(32-18(3)29)19(15-30-6)14-27(20,5)24(21)11-12-26(22,23)4/h7,15-16,21-25H,8-14H2,1-6H3/t16-,21-,22+,23-,24-,25+,26+,27-/m0/s1. The van der Waals surface area contributed by atoms with Gasteiger partial charge in [-0.1, -0.05) is 25.5 Å². The van der Waals surface area contributed by atoms with Crippen molar-refractivity contribution < 1.29 is 23.8 Å². The molecule has 0 bridgehead atoms. The largest absolute Gasteiger partial charge is 0.504 e. The van der Waals surface area contributed by atoms with Crippen molar-refractivity contribution in [2.45, 2.75) is 91.8 Å². The molecule has 0 aromatic heterocycles. The summed E-state index contributed by atoms with van der Waals surface area (Å²) in [7, 11) is 1.67. The topological polar surface area (TPSA) is 61.8 Å².